The number of anilines is 1. The average molecular weight is 368 g/mol. The van der Waals surface area contributed by atoms with Crippen molar-refractivity contribution in [2.45, 2.75) is 25.8 Å². The van der Waals surface area contributed by atoms with Gasteiger partial charge in [-0.3, -0.25) is 4.98 Å². The van der Waals surface area contributed by atoms with Crippen LogP contribution in [0.1, 0.15) is 30.1 Å². The molecule has 7 nitrogen and oxygen atoms in total. The van der Waals surface area contributed by atoms with Crippen LogP contribution in [0.15, 0.2) is 30.5 Å². The summed E-state index contributed by atoms with van der Waals surface area (Å²) in [5.41, 5.74) is 2.26. The van der Waals surface area contributed by atoms with E-state index in [4.69, 9.17) is 4.74 Å². The summed E-state index contributed by atoms with van der Waals surface area (Å²) < 4.78 is 5.26. The van der Waals surface area contributed by atoms with Crippen LogP contribution in [0.5, 0.6) is 0 Å². The molecule has 7 heteroatoms. The number of ether oxygens (including phenoxy) is 1. The standard InChI is InChI=1S/C20H24N4O3/c1-2-27-19(25)16-13-22-17-6-4-3-5-15(17)18(16)23-10-7-14(8-11-23)24-12-9-21-20(24)26/h3-6,13-14H,2,7-12H2,1H3,(H,21,26). The number of nitrogens with zero attached hydrogens (tertiary/aromatic N) is 3. The first-order valence-corrected chi connectivity index (χ1v) is 9.53. The van der Waals surface area contributed by atoms with Gasteiger partial charge >= 0.3 is 12.0 Å². The molecule has 0 spiro atoms. The summed E-state index contributed by atoms with van der Waals surface area (Å²) in [6.45, 7) is 5.20. The first-order chi connectivity index (χ1) is 13.2. The molecule has 3 heterocycles. The molecule has 2 aromatic rings. The molecule has 2 aliphatic heterocycles. The zero-order valence-electron chi connectivity index (χ0n) is 15.5. The number of hydrogen-bond donors (Lipinski definition) is 1. The Morgan fingerprint density at radius 2 is 2.04 bits per heavy atom. The average Bonchev–Trinajstić information content (AvgIpc) is 3.13. The van der Waals surface area contributed by atoms with Gasteiger partial charge in [-0.15, -0.1) is 0 Å². The lowest BCUT2D eigenvalue weighted by Crippen LogP contribution is -2.46. The van der Waals surface area contributed by atoms with Gasteiger partial charge in [0, 0.05) is 43.8 Å². The number of nitrogens with one attached hydrogen (secondary N) is 1. The van der Waals surface area contributed by atoms with Crippen molar-refractivity contribution in [2.24, 2.45) is 0 Å². The fourth-order valence-corrected chi connectivity index (χ4v) is 4.06. The van der Waals surface area contributed by atoms with Crippen LogP contribution >= 0.6 is 0 Å². The van der Waals surface area contributed by atoms with E-state index in [0.717, 1.165) is 55.6 Å². The van der Waals surface area contributed by atoms with E-state index in [1.54, 1.807) is 13.1 Å². The summed E-state index contributed by atoms with van der Waals surface area (Å²) in [6.07, 6.45) is 3.38. The monoisotopic (exact) mass is 368 g/mol. The van der Waals surface area contributed by atoms with Crippen LogP contribution in [0.25, 0.3) is 10.9 Å². The minimum absolute atomic E-state index is 0.0371. The number of hydrogen-bond acceptors (Lipinski definition) is 5. The quantitative estimate of drug-likeness (QED) is 0.839. The third-order valence-electron chi connectivity index (χ3n) is 5.35. The topological polar surface area (TPSA) is 74.8 Å². The summed E-state index contributed by atoms with van der Waals surface area (Å²) in [5.74, 6) is -0.341. The lowest BCUT2D eigenvalue weighted by Gasteiger charge is -2.38. The lowest BCUT2D eigenvalue weighted by atomic mass is 10.0. The number of aromatic nitrogens is 1. The third-order valence-corrected chi connectivity index (χ3v) is 5.35. The molecule has 0 aliphatic carbocycles. The van der Waals surface area contributed by atoms with Gasteiger partial charge in [0.2, 0.25) is 0 Å². The number of amides is 2. The number of esters is 1. The predicted octanol–water partition coefficient (Wildman–Crippen LogP) is 2.41. The highest BCUT2D eigenvalue weighted by Crippen LogP contribution is 2.33. The zero-order chi connectivity index (χ0) is 18.8. The van der Waals surface area contributed by atoms with Crippen LogP contribution in [0.2, 0.25) is 0 Å². The number of carbonyl (C=O) groups excluding carboxylic acids is 2. The fourth-order valence-electron chi connectivity index (χ4n) is 4.06. The molecule has 0 unspecified atom stereocenters. The number of piperidine rings is 1. The minimum Gasteiger partial charge on any atom is -0.462 e. The predicted molar refractivity (Wildman–Crippen MR) is 103 cm³/mol. The van der Waals surface area contributed by atoms with Gasteiger partial charge in [0.1, 0.15) is 5.56 Å². The second kappa shape index (κ2) is 7.42. The van der Waals surface area contributed by atoms with Crippen LogP contribution < -0.4 is 10.2 Å². The minimum atomic E-state index is -0.341. The van der Waals surface area contributed by atoms with Gasteiger partial charge in [-0.1, -0.05) is 18.2 Å². The van der Waals surface area contributed by atoms with Crippen molar-refractivity contribution in [3.05, 3.63) is 36.0 Å². The molecule has 0 saturated carbocycles. The summed E-state index contributed by atoms with van der Waals surface area (Å²) in [4.78, 5) is 33.1. The molecule has 2 fully saturated rings. The molecule has 1 N–H and O–H groups in total. The highest BCUT2D eigenvalue weighted by Gasteiger charge is 2.32. The van der Waals surface area contributed by atoms with Gasteiger partial charge < -0.3 is 19.9 Å². The number of urea groups is 1. The number of rotatable bonds is 4. The van der Waals surface area contributed by atoms with Crippen molar-refractivity contribution >= 4 is 28.6 Å². The summed E-state index contributed by atoms with van der Waals surface area (Å²) in [5, 5.41) is 3.83. The van der Waals surface area contributed by atoms with Gasteiger partial charge in [-0.25, -0.2) is 9.59 Å². The first kappa shape index (κ1) is 17.6. The molecule has 0 bridgehead atoms. The molecule has 0 radical (unpaired) electrons. The Morgan fingerprint density at radius 1 is 1.26 bits per heavy atom. The summed E-state index contributed by atoms with van der Waals surface area (Å²) in [6, 6.07) is 8.15. The van der Waals surface area contributed by atoms with Crippen molar-refractivity contribution < 1.29 is 14.3 Å². The maximum atomic E-state index is 12.5. The first-order valence-electron chi connectivity index (χ1n) is 9.53. The van der Waals surface area contributed by atoms with E-state index in [1.165, 1.54) is 0 Å². The highest BCUT2D eigenvalue weighted by molar-refractivity contribution is 6.05. The second-order valence-corrected chi connectivity index (χ2v) is 6.90. The van der Waals surface area contributed by atoms with E-state index in [0.29, 0.717) is 12.2 Å². The molecule has 2 aliphatic rings. The smallest absolute Gasteiger partial charge is 0.341 e. The molecular formula is C20H24N4O3. The maximum Gasteiger partial charge on any atom is 0.341 e. The Kier molecular flexibility index (Phi) is 4.83. The Labute approximate surface area is 158 Å². The Balaban J connectivity index is 1.63. The highest BCUT2D eigenvalue weighted by atomic mass is 16.5. The number of carbonyl (C=O) groups is 2. The van der Waals surface area contributed by atoms with Gasteiger partial charge in [0.05, 0.1) is 17.8 Å². The third kappa shape index (κ3) is 3.29. The van der Waals surface area contributed by atoms with Crippen molar-refractivity contribution in [3.8, 4) is 0 Å². The molecule has 27 heavy (non-hydrogen) atoms. The number of pyridine rings is 1. The van der Waals surface area contributed by atoms with E-state index >= 15 is 0 Å². The number of para-hydroxylation sites is 1. The van der Waals surface area contributed by atoms with Crippen LogP contribution in [0.3, 0.4) is 0 Å². The number of fused-ring (bicyclic) bond motifs is 1. The second-order valence-electron chi connectivity index (χ2n) is 6.90. The van der Waals surface area contributed by atoms with E-state index in [9.17, 15) is 9.59 Å². The van der Waals surface area contributed by atoms with Crippen LogP contribution in [0.4, 0.5) is 10.5 Å². The van der Waals surface area contributed by atoms with Crippen LogP contribution in [0, 0.1) is 0 Å². The number of benzene rings is 1. The fraction of sp³-hybridized carbons (Fsp3) is 0.450. The van der Waals surface area contributed by atoms with Gasteiger partial charge in [-0.2, -0.15) is 0 Å². The van der Waals surface area contributed by atoms with Gasteiger partial charge in [-0.05, 0) is 25.8 Å². The molecule has 1 aromatic heterocycles. The molecular weight excluding hydrogens is 344 g/mol. The van der Waals surface area contributed by atoms with Crippen LogP contribution in [-0.2, 0) is 4.74 Å². The molecule has 4 rings (SSSR count). The Hall–Kier alpha value is -2.83. The van der Waals surface area contributed by atoms with Gasteiger partial charge in [0.25, 0.3) is 0 Å². The molecule has 1 aromatic carbocycles. The van der Waals surface area contributed by atoms with Crippen molar-refractivity contribution in [1.29, 1.82) is 0 Å². The molecule has 0 atom stereocenters. The van der Waals surface area contributed by atoms with E-state index in [-0.39, 0.29) is 18.0 Å². The van der Waals surface area contributed by atoms with E-state index in [2.05, 4.69) is 15.2 Å². The zero-order valence-corrected chi connectivity index (χ0v) is 15.5. The van der Waals surface area contributed by atoms with E-state index in [1.807, 2.05) is 29.2 Å². The van der Waals surface area contributed by atoms with E-state index < -0.39 is 0 Å². The van der Waals surface area contributed by atoms with Crippen molar-refractivity contribution in [3.63, 3.8) is 0 Å². The molecule has 2 saturated heterocycles. The summed E-state index contributed by atoms with van der Waals surface area (Å²) >= 11 is 0. The largest absolute Gasteiger partial charge is 0.462 e. The molecule has 142 valence electrons. The maximum absolute atomic E-state index is 12.5. The lowest BCUT2D eigenvalue weighted by molar-refractivity contribution is 0.0526. The normalized spacial score (nSPS) is 18.0. The Morgan fingerprint density at radius 3 is 2.74 bits per heavy atom. The summed E-state index contributed by atoms with van der Waals surface area (Å²) in [7, 11) is 0. The van der Waals surface area contributed by atoms with Crippen molar-refractivity contribution in [1.82, 2.24) is 15.2 Å². The Bertz CT molecular complexity index is 861. The van der Waals surface area contributed by atoms with Crippen LogP contribution in [-0.4, -0.2) is 60.7 Å². The molecule has 2 amide bonds. The van der Waals surface area contributed by atoms with Gasteiger partial charge in [0.15, 0.2) is 0 Å². The van der Waals surface area contributed by atoms with Crippen molar-refractivity contribution in [2.75, 3.05) is 37.7 Å². The SMILES string of the molecule is CCOC(=O)c1cnc2ccccc2c1N1CCC(N2CCNC2=O)CC1.